The van der Waals surface area contributed by atoms with Crippen LogP contribution in [-0.2, 0) is 4.79 Å². The summed E-state index contributed by atoms with van der Waals surface area (Å²) in [6.07, 6.45) is 0.502. The number of nitrogens with zero attached hydrogens (tertiary/aromatic N) is 1. The molecule has 2 aromatic carbocycles. The van der Waals surface area contributed by atoms with Gasteiger partial charge < -0.3 is 15.5 Å². The van der Waals surface area contributed by atoms with Crippen molar-refractivity contribution in [2.45, 2.75) is 12.5 Å². The summed E-state index contributed by atoms with van der Waals surface area (Å²) in [4.78, 5) is 26.0. The molecule has 1 fully saturated rings. The van der Waals surface area contributed by atoms with Crippen molar-refractivity contribution in [3.8, 4) is 0 Å². The monoisotopic (exact) mass is 391 g/mol. The summed E-state index contributed by atoms with van der Waals surface area (Å²) in [5, 5.41) is 5.37. The number of nitrogens with one attached hydrogen (secondary N) is 2. The van der Waals surface area contributed by atoms with Gasteiger partial charge in [0.2, 0.25) is 5.91 Å². The van der Waals surface area contributed by atoms with Gasteiger partial charge in [-0.05, 0) is 48.9 Å². The number of urea groups is 1. The maximum absolute atomic E-state index is 13.0. The molecule has 2 N–H and O–H groups in total. The maximum Gasteiger partial charge on any atom is 0.319 e. The molecule has 124 valence electrons. The Kier molecular flexibility index (Phi) is 4.80. The predicted octanol–water partition coefficient (Wildman–Crippen LogP) is 3.52. The van der Waals surface area contributed by atoms with Gasteiger partial charge >= 0.3 is 6.03 Å². The van der Waals surface area contributed by atoms with Crippen LogP contribution in [0.25, 0.3) is 0 Å². The van der Waals surface area contributed by atoms with E-state index in [0.717, 1.165) is 4.47 Å². The molecule has 1 aliphatic heterocycles. The van der Waals surface area contributed by atoms with Crippen molar-refractivity contribution in [2.24, 2.45) is 0 Å². The molecular formula is C17H15BrFN3O2. The molecule has 0 saturated carbocycles. The molecule has 0 radical (unpaired) electrons. The molecule has 3 rings (SSSR count). The van der Waals surface area contributed by atoms with Crippen LogP contribution in [0.3, 0.4) is 0 Å². The number of carbonyl (C=O) groups excluding carboxylic acids is 2. The van der Waals surface area contributed by atoms with Crippen molar-refractivity contribution in [1.82, 2.24) is 5.32 Å². The lowest BCUT2D eigenvalue weighted by Gasteiger charge is -2.17. The predicted molar refractivity (Wildman–Crippen MR) is 93.5 cm³/mol. The van der Waals surface area contributed by atoms with Crippen LogP contribution in [0.5, 0.6) is 0 Å². The van der Waals surface area contributed by atoms with Crippen LogP contribution in [0.15, 0.2) is 53.0 Å². The molecule has 1 aliphatic rings. The molecule has 1 atom stereocenters. The third-order valence-corrected chi connectivity index (χ3v) is 4.22. The van der Waals surface area contributed by atoms with E-state index in [-0.39, 0.29) is 11.7 Å². The van der Waals surface area contributed by atoms with Crippen LogP contribution >= 0.6 is 15.9 Å². The van der Waals surface area contributed by atoms with Gasteiger partial charge in [0.05, 0.1) is 0 Å². The fourth-order valence-corrected chi connectivity index (χ4v) is 2.98. The topological polar surface area (TPSA) is 61.4 Å². The van der Waals surface area contributed by atoms with E-state index in [2.05, 4.69) is 26.6 Å². The molecule has 0 aromatic heterocycles. The number of amides is 3. The van der Waals surface area contributed by atoms with E-state index in [1.165, 1.54) is 12.1 Å². The Morgan fingerprint density at radius 2 is 1.96 bits per heavy atom. The van der Waals surface area contributed by atoms with Gasteiger partial charge in [-0.15, -0.1) is 0 Å². The minimum absolute atomic E-state index is 0.203. The molecular weight excluding hydrogens is 377 g/mol. The summed E-state index contributed by atoms with van der Waals surface area (Å²) in [6, 6.07) is 11.9. The fourth-order valence-electron chi connectivity index (χ4n) is 2.58. The Morgan fingerprint density at radius 1 is 1.21 bits per heavy atom. The number of carbonyl (C=O) groups is 2. The van der Waals surface area contributed by atoms with Gasteiger partial charge in [0.15, 0.2) is 0 Å². The lowest BCUT2D eigenvalue weighted by atomic mass is 10.2. The number of anilines is 2. The highest BCUT2D eigenvalue weighted by Crippen LogP contribution is 2.22. The van der Waals surface area contributed by atoms with E-state index in [1.807, 2.05) is 6.07 Å². The molecule has 24 heavy (non-hydrogen) atoms. The first kappa shape index (κ1) is 16.4. The highest BCUT2D eigenvalue weighted by molar-refractivity contribution is 9.10. The molecule has 0 aliphatic carbocycles. The molecule has 0 bridgehead atoms. The second-order valence-corrected chi connectivity index (χ2v) is 6.33. The number of halogens is 2. The van der Waals surface area contributed by atoms with Crippen molar-refractivity contribution in [3.05, 3.63) is 58.8 Å². The third kappa shape index (κ3) is 3.73. The molecule has 5 nitrogen and oxygen atoms in total. The fraction of sp³-hybridized carbons (Fsp3) is 0.176. The van der Waals surface area contributed by atoms with Gasteiger partial charge in [0, 0.05) is 22.4 Å². The van der Waals surface area contributed by atoms with E-state index >= 15 is 0 Å². The SMILES string of the molecule is O=C(Nc1cccc(Br)c1)N[C@H]1CCN(c2ccc(F)cc2)C1=O. The van der Waals surface area contributed by atoms with Crippen LogP contribution in [-0.4, -0.2) is 24.5 Å². The molecule has 1 heterocycles. The van der Waals surface area contributed by atoms with Crippen LogP contribution in [0.1, 0.15) is 6.42 Å². The van der Waals surface area contributed by atoms with E-state index in [9.17, 15) is 14.0 Å². The van der Waals surface area contributed by atoms with Crippen molar-refractivity contribution in [3.63, 3.8) is 0 Å². The number of hydrogen-bond acceptors (Lipinski definition) is 2. The second kappa shape index (κ2) is 7.00. The van der Waals surface area contributed by atoms with Crippen LogP contribution in [0, 0.1) is 5.82 Å². The van der Waals surface area contributed by atoms with E-state index in [0.29, 0.717) is 24.3 Å². The highest BCUT2D eigenvalue weighted by atomic mass is 79.9. The molecule has 7 heteroatoms. The summed E-state index contributed by atoms with van der Waals surface area (Å²) in [7, 11) is 0. The summed E-state index contributed by atoms with van der Waals surface area (Å²) in [5.74, 6) is -0.556. The van der Waals surface area contributed by atoms with Crippen LogP contribution in [0.4, 0.5) is 20.6 Å². The lowest BCUT2D eigenvalue weighted by Crippen LogP contribution is -2.43. The number of benzene rings is 2. The van der Waals surface area contributed by atoms with Crippen molar-refractivity contribution in [2.75, 3.05) is 16.8 Å². The average molecular weight is 392 g/mol. The first-order chi connectivity index (χ1) is 11.5. The standard InChI is InChI=1S/C17H15BrFN3O2/c18-11-2-1-3-13(10-11)20-17(24)21-15-8-9-22(16(15)23)14-6-4-12(19)5-7-14/h1-7,10,15H,8-9H2,(H2,20,21,24)/t15-/m0/s1. The first-order valence-corrected chi connectivity index (χ1v) is 8.22. The Hall–Kier alpha value is -2.41. The van der Waals surface area contributed by atoms with E-state index in [1.54, 1.807) is 35.2 Å². The Labute approximate surface area is 147 Å². The third-order valence-electron chi connectivity index (χ3n) is 3.73. The number of hydrogen-bond donors (Lipinski definition) is 2. The molecule has 2 aromatic rings. The zero-order chi connectivity index (χ0) is 17.1. The zero-order valence-corrected chi connectivity index (χ0v) is 14.2. The zero-order valence-electron chi connectivity index (χ0n) is 12.6. The van der Waals surface area contributed by atoms with Crippen molar-refractivity contribution < 1.29 is 14.0 Å². The lowest BCUT2D eigenvalue weighted by molar-refractivity contribution is -0.118. The van der Waals surface area contributed by atoms with Gasteiger partial charge in [-0.2, -0.15) is 0 Å². The smallest absolute Gasteiger partial charge is 0.319 e. The summed E-state index contributed by atoms with van der Waals surface area (Å²) < 4.78 is 13.8. The maximum atomic E-state index is 13.0. The van der Waals surface area contributed by atoms with Gasteiger partial charge in [0.25, 0.3) is 0 Å². The van der Waals surface area contributed by atoms with Crippen molar-refractivity contribution >= 4 is 39.2 Å². The molecule has 1 saturated heterocycles. The van der Waals surface area contributed by atoms with Gasteiger partial charge in [0.1, 0.15) is 11.9 Å². The quantitative estimate of drug-likeness (QED) is 0.840. The Morgan fingerprint density at radius 3 is 2.67 bits per heavy atom. The van der Waals surface area contributed by atoms with Crippen LogP contribution < -0.4 is 15.5 Å². The van der Waals surface area contributed by atoms with Gasteiger partial charge in [-0.1, -0.05) is 22.0 Å². The van der Waals surface area contributed by atoms with Gasteiger partial charge in [-0.25, -0.2) is 9.18 Å². The van der Waals surface area contributed by atoms with E-state index in [4.69, 9.17) is 0 Å². The summed E-state index contributed by atoms with van der Waals surface area (Å²) in [5.41, 5.74) is 1.25. The van der Waals surface area contributed by atoms with Crippen LogP contribution in [0.2, 0.25) is 0 Å². The Balaban J connectivity index is 1.61. The number of rotatable bonds is 3. The minimum atomic E-state index is -0.595. The van der Waals surface area contributed by atoms with Crippen molar-refractivity contribution in [1.29, 1.82) is 0 Å². The molecule has 0 spiro atoms. The normalized spacial score (nSPS) is 17.0. The summed E-state index contributed by atoms with van der Waals surface area (Å²) >= 11 is 3.33. The Bertz CT molecular complexity index is 767. The molecule has 0 unspecified atom stereocenters. The average Bonchev–Trinajstić information content (AvgIpc) is 2.89. The molecule has 3 amide bonds. The first-order valence-electron chi connectivity index (χ1n) is 7.43. The highest BCUT2D eigenvalue weighted by Gasteiger charge is 2.33. The van der Waals surface area contributed by atoms with Gasteiger partial charge in [-0.3, -0.25) is 4.79 Å². The minimum Gasteiger partial charge on any atom is -0.326 e. The van der Waals surface area contributed by atoms with E-state index < -0.39 is 12.1 Å². The second-order valence-electron chi connectivity index (χ2n) is 5.42. The summed E-state index contributed by atoms with van der Waals surface area (Å²) in [6.45, 7) is 0.478. The largest absolute Gasteiger partial charge is 0.326 e.